The molecular weight excluding hydrogens is 262 g/mol. The molecule has 0 aromatic heterocycles. The summed E-state index contributed by atoms with van der Waals surface area (Å²) in [7, 11) is -3.26. The topological polar surface area (TPSA) is 54.5 Å². The molecule has 0 spiro atoms. The molecule has 1 heterocycles. The lowest BCUT2D eigenvalue weighted by atomic mass is 9.95. The van der Waals surface area contributed by atoms with Crippen molar-refractivity contribution in [2.45, 2.75) is 25.5 Å². The Morgan fingerprint density at radius 2 is 1.79 bits per heavy atom. The second-order valence-electron chi connectivity index (χ2n) is 5.03. The van der Waals surface area contributed by atoms with Crippen LogP contribution in [0.3, 0.4) is 0 Å². The van der Waals surface area contributed by atoms with Crippen LogP contribution in [0.15, 0.2) is 30.3 Å². The molecule has 1 aromatic rings. The van der Waals surface area contributed by atoms with Crippen LogP contribution in [0.25, 0.3) is 0 Å². The summed E-state index contributed by atoms with van der Waals surface area (Å²) in [6.07, 6.45) is 1.28. The molecular formula is C14H19NO3S. The third kappa shape index (κ3) is 3.64. The Morgan fingerprint density at radius 1 is 1.21 bits per heavy atom. The molecule has 0 saturated carbocycles. The zero-order chi connectivity index (χ0) is 13.9. The van der Waals surface area contributed by atoms with Crippen LogP contribution in [-0.4, -0.2) is 31.6 Å². The quantitative estimate of drug-likeness (QED) is 0.846. The molecule has 0 atom stereocenters. The fourth-order valence-corrected chi connectivity index (χ4v) is 3.98. The van der Waals surface area contributed by atoms with E-state index in [4.69, 9.17) is 0 Å². The van der Waals surface area contributed by atoms with Gasteiger partial charge in [-0.3, -0.25) is 4.79 Å². The largest absolute Gasteiger partial charge is 0.300 e. The van der Waals surface area contributed by atoms with Gasteiger partial charge in [0, 0.05) is 19.0 Å². The van der Waals surface area contributed by atoms with E-state index < -0.39 is 10.0 Å². The zero-order valence-electron chi connectivity index (χ0n) is 11.1. The molecule has 0 unspecified atom stereocenters. The SMILES string of the molecule is CC(=O)C1CCN(S(=O)(=O)Cc2ccccc2)CC1. The first-order chi connectivity index (χ1) is 8.99. The third-order valence-electron chi connectivity index (χ3n) is 3.61. The van der Waals surface area contributed by atoms with E-state index in [9.17, 15) is 13.2 Å². The van der Waals surface area contributed by atoms with Crippen LogP contribution in [-0.2, 0) is 20.6 Å². The van der Waals surface area contributed by atoms with E-state index in [0.29, 0.717) is 25.9 Å². The number of ketones is 1. The highest BCUT2D eigenvalue weighted by Gasteiger charge is 2.29. The predicted octanol–water partition coefficient (Wildman–Crippen LogP) is 1.82. The summed E-state index contributed by atoms with van der Waals surface area (Å²) in [5.74, 6) is 0.238. The van der Waals surface area contributed by atoms with Crippen LogP contribution < -0.4 is 0 Å². The zero-order valence-corrected chi connectivity index (χ0v) is 11.9. The van der Waals surface area contributed by atoms with Crippen molar-refractivity contribution in [1.82, 2.24) is 4.31 Å². The van der Waals surface area contributed by atoms with Crippen LogP contribution in [0.1, 0.15) is 25.3 Å². The number of piperidine rings is 1. The second kappa shape index (κ2) is 5.84. The Hall–Kier alpha value is -1.20. The molecule has 0 N–H and O–H groups in total. The monoisotopic (exact) mass is 281 g/mol. The summed E-state index contributed by atoms with van der Waals surface area (Å²) in [5, 5.41) is 0. The summed E-state index contributed by atoms with van der Waals surface area (Å²) in [6, 6.07) is 9.19. The Balaban J connectivity index is 2.00. The highest BCUT2D eigenvalue weighted by atomic mass is 32.2. The van der Waals surface area contributed by atoms with Crippen molar-refractivity contribution in [3.63, 3.8) is 0 Å². The summed E-state index contributed by atoms with van der Waals surface area (Å²) >= 11 is 0. The van der Waals surface area contributed by atoms with E-state index in [1.54, 1.807) is 6.92 Å². The van der Waals surface area contributed by atoms with Gasteiger partial charge in [0.1, 0.15) is 5.78 Å². The minimum Gasteiger partial charge on any atom is -0.300 e. The van der Waals surface area contributed by atoms with Gasteiger partial charge >= 0.3 is 0 Å². The Kier molecular flexibility index (Phi) is 4.37. The number of sulfonamides is 1. The fraction of sp³-hybridized carbons (Fsp3) is 0.500. The molecule has 1 fully saturated rings. The Labute approximate surface area is 114 Å². The van der Waals surface area contributed by atoms with E-state index in [1.165, 1.54) is 4.31 Å². The molecule has 0 bridgehead atoms. The second-order valence-corrected chi connectivity index (χ2v) is 6.99. The minimum atomic E-state index is -3.26. The predicted molar refractivity (Wildman–Crippen MR) is 74.0 cm³/mol. The number of rotatable bonds is 4. The number of benzene rings is 1. The van der Waals surface area contributed by atoms with Gasteiger partial charge in [0.05, 0.1) is 5.75 Å². The van der Waals surface area contributed by atoms with Gasteiger partial charge in [0.2, 0.25) is 10.0 Å². The van der Waals surface area contributed by atoms with Gasteiger partial charge in [-0.1, -0.05) is 30.3 Å². The summed E-state index contributed by atoms with van der Waals surface area (Å²) in [4.78, 5) is 11.3. The number of nitrogens with zero attached hydrogens (tertiary/aromatic N) is 1. The van der Waals surface area contributed by atoms with E-state index in [2.05, 4.69) is 0 Å². The third-order valence-corrected chi connectivity index (χ3v) is 5.46. The maximum absolute atomic E-state index is 12.3. The van der Waals surface area contributed by atoms with E-state index in [-0.39, 0.29) is 17.5 Å². The Bertz CT molecular complexity index is 531. The van der Waals surface area contributed by atoms with Gasteiger partial charge in [0.15, 0.2) is 0 Å². The molecule has 104 valence electrons. The lowest BCUT2D eigenvalue weighted by Crippen LogP contribution is -2.40. The highest BCUT2D eigenvalue weighted by Crippen LogP contribution is 2.22. The van der Waals surface area contributed by atoms with E-state index >= 15 is 0 Å². The molecule has 19 heavy (non-hydrogen) atoms. The van der Waals surface area contributed by atoms with Crippen molar-refractivity contribution >= 4 is 15.8 Å². The highest BCUT2D eigenvalue weighted by molar-refractivity contribution is 7.88. The molecule has 5 heteroatoms. The molecule has 0 radical (unpaired) electrons. The molecule has 4 nitrogen and oxygen atoms in total. The van der Waals surface area contributed by atoms with Crippen LogP contribution >= 0.6 is 0 Å². The van der Waals surface area contributed by atoms with Gasteiger partial charge < -0.3 is 0 Å². The smallest absolute Gasteiger partial charge is 0.218 e. The van der Waals surface area contributed by atoms with Gasteiger partial charge in [0.25, 0.3) is 0 Å². The minimum absolute atomic E-state index is 0.0307. The summed E-state index contributed by atoms with van der Waals surface area (Å²) in [5.41, 5.74) is 0.802. The van der Waals surface area contributed by atoms with E-state index in [1.807, 2.05) is 30.3 Å². The van der Waals surface area contributed by atoms with Crippen LogP contribution in [0.4, 0.5) is 0 Å². The average molecular weight is 281 g/mol. The lowest BCUT2D eigenvalue weighted by molar-refractivity contribution is -0.121. The number of hydrogen-bond acceptors (Lipinski definition) is 3. The maximum atomic E-state index is 12.3. The first-order valence-corrected chi connectivity index (χ1v) is 8.12. The average Bonchev–Trinajstić information content (AvgIpc) is 2.39. The van der Waals surface area contributed by atoms with Gasteiger partial charge in [-0.25, -0.2) is 12.7 Å². The van der Waals surface area contributed by atoms with Crippen LogP contribution in [0.2, 0.25) is 0 Å². The molecule has 1 aliphatic rings. The summed E-state index contributed by atoms with van der Waals surface area (Å²) < 4.78 is 26.1. The van der Waals surface area contributed by atoms with Crippen molar-refractivity contribution in [2.75, 3.05) is 13.1 Å². The number of hydrogen-bond donors (Lipinski definition) is 0. The van der Waals surface area contributed by atoms with Crippen LogP contribution in [0, 0.1) is 5.92 Å². The number of Topliss-reactive ketones (excluding diaryl/α,β-unsaturated/α-hetero) is 1. The molecule has 2 rings (SSSR count). The molecule has 0 aliphatic carbocycles. The fourth-order valence-electron chi connectivity index (χ4n) is 2.42. The molecule has 1 aliphatic heterocycles. The van der Waals surface area contributed by atoms with Crippen molar-refractivity contribution in [1.29, 1.82) is 0 Å². The van der Waals surface area contributed by atoms with Crippen molar-refractivity contribution in [2.24, 2.45) is 5.92 Å². The normalized spacial score (nSPS) is 18.4. The van der Waals surface area contributed by atoms with Crippen molar-refractivity contribution < 1.29 is 13.2 Å². The lowest BCUT2D eigenvalue weighted by Gasteiger charge is -2.30. The van der Waals surface area contributed by atoms with Gasteiger partial charge in [-0.15, -0.1) is 0 Å². The number of carbonyl (C=O) groups excluding carboxylic acids is 1. The maximum Gasteiger partial charge on any atom is 0.218 e. The summed E-state index contributed by atoms with van der Waals surface area (Å²) in [6.45, 7) is 2.50. The Morgan fingerprint density at radius 3 is 2.32 bits per heavy atom. The van der Waals surface area contributed by atoms with Crippen molar-refractivity contribution in [3.8, 4) is 0 Å². The first kappa shape index (κ1) is 14.2. The molecule has 1 aromatic carbocycles. The van der Waals surface area contributed by atoms with Gasteiger partial charge in [-0.2, -0.15) is 0 Å². The molecule has 1 saturated heterocycles. The van der Waals surface area contributed by atoms with Crippen molar-refractivity contribution in [3.05, 3.63) is 35.9 Å². The molecule has 0 amide bonds. The van der Waals surface area contributed by atoms with Crippen LogP contribution in [0.5, 0.6) is 0 Å². The first-order valence-electron chi connectivity index (χ1n) is 6.51. The van der Waals surface area contributed by atoms with E-state index in [0.717, 1.165) is 5.56 Å². The standard InChI is InChI=1S/C14H19NO3S/c1-12(16)14-7-9-15(10-8-14)19(17,18)11-13-5-3-2-4-6-13/h2-6,14H,7-11H2,1H3. The number of carbonyl (C=O) groups is 1. The van der Waals surface area contributed by atoms with Gasteiger partial charge in [-0.05, 0) is 25.3 Å².